The second kappa shape index (κ2) is 8.46. The van der Waals surface area contributed by atoms with Crippen LogP contribution in [0.15, 0.2) is 42.7 Å². The minimum Gasteiger partial charge on any atom is -0.381 e. The number of nitrogens with zero attached hydrogens (tertiary/aromatic N) is 3. The number of benzene rings is 1. The fraction of sp³-hybridized carbons (Fsp3) is 0.476. The second-order valence-electron chi connectivity index (χ2n) is 7.34. The molecule has 0 atom stereocenters. The smallest absolute Gasteiger partial charge is 0.328 e. The van der Waals surface area contributed by atoms with Crippen LogP contribution >= 0.6 is 0 Å². The Morgan fingerprint density at radius 3 is 2.52 bits per heavy atom. The number of likely N-dealkylation sites (tertiary alicyclic amines) is 1. The predicted molar refractivity (Wildman–Crippen MR) is 108 cm³/mol. The van der Waals surface area contributed by atoms with Gasteiger partial charge in [-0.05, 0) is 63.9 Å². The Bertz CT molecular complexity index is 752. The Morgan fingerprint density at radius 1 is 1.26 bits per heavy atom. The van der Waals surface area contributed by atoms with E-state index in [-0.39, 0.29) is 17.9 Å². The van der Waals surface area contributed by atoms with Gasteiger partial charge in [0.25, 0.3) is 0 Å². The zero-order chi connectivity index (χ0) is 19.4. The van der Waals surface area contributed by atoms with Crippen molar-refractivity contribution >= 4 is 17.4 Å². The molecule has 0 radical (unpaired) electrons. The molecule has 1 aliphatic heterocycles. The first-order valence-electron chi connectivity index (χ1n) is 9.74. The molecule has 0 aliphatic carbocycles. The molecule has 1 N–H and O–H groups in total. The van der Waals surface area contributed by atoms with Gasteiger partial charge in [-0.15, -0.1) is 0 Å². The van der Waals surface area contributed by atoms with Crippen molar-refractivity contribution < 1.29 is 9.18 Å². The molecular formula is C21H29FN4O. The summed E-state index contributed by atoms with van der Waals surface area (Å²) in [6.45, 7) is 8.47. The Kier molecular flexibility index (Phi) is 6.04. The maximum Gasteiger partial charge on any atom is 0.328 e. The monoisotopic (exact) mass is 372 g/mol. The van der Waals surface area contributed by atoms with Gasteiger partial charge in [0.1, 0.15) is 5.82 Å². The summed E-state index contributed by atoms with van der Waals surface area (Å²) in [7, 11) is 0. The van der Waals surface area contributed by atoms with Crippen molar-refractivity contribution in [2.75, 3.05) is 29.9 Å². The number of carbonyl (C=O) groups is 1. The largest absolute Gasteiger partial charge is 0.381 e. The summed E-state index contributed by atoms with van der Waals surface area (Å²) in [6.07, 6.45) is 5.31. The van der Waals surface area contributed by atoms with Crippen molar-refractivity contribution in [3.8, 4) is 0 Å². The van der Waals surface area contributed by atoms with Gasteiger partial charge in [-0.3, -0.25) is 4.57 Å². The van der Waals surface area contributed by atoms with Gasteiger partial charge in [-0.1, -0.05) is 0 Å². The molecule has 0 unspecified atom stereocenters. The van der Waals surface area contributed by atoms with Gasteiger partial charge in [-0.2, -0.15) is 0 Å². The van der Waals surface area contributed by atoms with Gasteiger partial charge in [-0.25, -0.2) is 9.18 Å². The van der Waals surface area contributed by atoms with Gasteiger partial charge in [0, 0.05) is 44.1 Å². The summed E-state index contributed by atoms with van der Waals surface area (Å²) in [5.41, 5.74) is 1.86. The van der Waals surface area contributed by atoms with Crippen LogP contribution < -0.4 is 10.2 Å². The Balaban J connectivity index is 1.72. The van der Waals surface area contributed by atoms with Crippen molar-refractivity contribution in [3.63, 3.8) is 0 Å². The summed E-state index contributed by atoms with van der Waals surface area (Å²) in [6, 6.07) is 9.23. The Morgan fingerprint density at radius 2 is 1.93 bits per heavy atom. The third-order valence-electron chi connectivity index (χ3n) is 5.06. The second-order valence-corrected chi connectivity index (χ2v) is 7.34. The van der Waals surface area contributed by atoms with E-state index in [4.69, 9.17) is 0 Å². The van der Waals surface area contributed by atoms with Crippen LogP contribution in [-0.2, 0) is 0 Å². The van der Waals surface area contributed by atoms with Crippen LogP contribution in [0.5, 0.6) is 0 Å². The van der Waals surface area contributed by atoms with Crippen molar-refractivity contribution in [1.29, 1.82) is 0 Å². The molecule has 1 fully saturated rings. The van der Waals surface area contributed by atoms with Gasteiger partial charge in [0.2, 0.25) is 0 Å². The highest BCUT2D eigenvalue weighted by molar-refractivity contribution is 5.77. The normalized spacial score (nSPS) is 15.2. The summed E-state index contributed by atoms with van der Waals surface area (Å²) < 4.78 is 15.6. The molecule has 0 spiro atoms. The molecule has 2 aromatic rings. The highest BCUT2D eigenvalue weighted by Gasteiger charge is 2.28. The molecule has 5 nitrogen and oxygen atoms in total. The lowest BCUT2D eigenvalue weighted by atomic mass is 10.0. The van der Waals surface area contributed by atoms with Gasteiger partial charge in [0.05, 0.1) is 11.4 Å². The predicted octanol–water partition coefficient (Wildman–Crippen LogP) is 4.41. The van der Waals surface area contributed by atoms with E-state index in [0.717, 1.165) is 30.8 Å². The Labute approximate surface area is 160 Å². The molecule has 146 valence electrons. The van der Waals surface area contributed by atoms with E-state index in [1.54, 1.807) is 23.0 Å². The molecule has 1 saturated heterocycles. The van der Waals surface area contributed by atoms with Crippen LogP contribution in [0.25, 0.3) is 0 Å². The Hall–Kier alpha value is -2.50. The van der Waals surface area contributed by atoms with E-state index in [2.05, 4.69) is 31.0 Å². The summed E-state index contributed by atoms with van der Waals surface area (Å²) in [4.78, 5) is 16.7. The number of hydrogen-bond donors (Lipinski definition) is 1. The number of piperidine rings is 1. The third-order valence-corrected chi connectivity index (χ3v) is 5.06. The molecular weight excluding hydrogens is 343 g/mol. The molecule has 1 aromatic heterocycles. The number of aromatic nitrogens is 1. The topological polar surface area (TPSA) is 40.5 Å². The highest BCUT2D eigenvalue weighted by atomic mass is 19.1. The van der Waals surface area contributed by atoms with Crippen LogP contribution in [-0.4, -0.2) is 47.2 Å². The zero-order valence-electron chi connectivity index (χ0n) is 16.4. The van der Waals surface area contributed by atoms with E-state index < -0.39 is 0 Å². The number of halogens is 1. The quantitative estimate of drug-likeness (QED) is 0.845. The standard InChI is InChI=1S/C21H29FN4O/c1-4-26(20-15-17(22)7-8-19(20)23-16(2)3)18-9-13-25(14-10-18)21(27)24-11-5-6-12-24/h5-8,11-12,15-16,18,23H,4,9-10,13-14H2,1-3H3. The van der Waals surface area contributed by atoms with Crippen molar-refractivity contribution in [2.45, 2.75) is 45.7 Å². The molecule has 0 saturated carbocycles. The molecule has 1 aromatic carbocycles. The first-order chi connectivity index (χ1) is 13.0. The fourth-order valence-electron chi connectivity index (χ4n) is 3.79. The minimum atomic E-state index is -0.224. The van der Waals surface area contributed by atoms with Gasteiger partial charge < -0.3 is 15.1 Å². The molecule has 3 rings (SSSR count). The summed E-state index contributed by atoms with van der Waals surface area (Å²) >= 11 is 0. The van der Waals surface area contributed by atoms with E-state index >= 15 is 0 Å². The van der Waals surface area contributed by atoms with Crippen LogP contribution in [0.3, 0.4) is 0 Å². The number of anilines is 2. The number of hydrogen-bond acceptors (Lipinski definition) is 3. The molecule has 1 amide bonds. The zero-order valence-corrected chi connectivity index (χ0v) is 16.4. The number of rotatable bonds is 5. The lowest BCUT2D eigenvalue weighted by Gasteiger charge is -2.40. The minimum absolute atomic E-state index is 0.0226. The maximum absolute atomic E-state index is 14.0. The number of nitrogens with one attached hydrogen (secondary N) is 1. The first kappa shape index (κ1) is 19.3. The van der Waals surface area contributed by atoms with Gasteiger partial charge >= 0.3 is 6.03 Å². The van der Waals surface area contributed by atoms with Crippen LogP contribution in [0.2, 0.25) is 0 Å². The fourth-order valence-corrected chi connectivity index (χ4v) is 3.79. The summed E-state index contributed by atoms with van der Waals surface area (Å²) in [5.74, 6) is -0.224. The van der Waals surface area contributed by atoms with Gasteiger partial charge in [0.15, 0.2) is 0 Å². The molecule has 0 bridgehead atoms. The lowest BCUT2D eigenvalue weighted by Crippen LogP contribution is -2.48. The van der Waals surface area contributed by atoms with Crippen molar-refractivity contribution in [3.05, 3.63) is 48.5 Å². The van der Waals surface area contributed by atoms with Crippen LogP contribution in [0, 0.1) is 5.82 Å². The molecule has 1 aliphatic rings. The van der Waals surface area contributed by atoms with Crippen LogP contribution in [0.4, 0.5) is 20.6 Å². The SMILES string of the molecule is CCN(c1cc(F)ccc1NC(C)C)C1CCN(C(=O)n2cccc2)CC1. The third kappa shape index (κ3) is 4.43. The van der Waals surface area contributed by atoms with E-state index in [1.807, 2.05) is 23.1 Å². The maximum atomic E-state index is 14.0. The van der Waals surface area contributed by atoms with Crippen molar-refractivity contribution in [1.82, 2.24) is 9.47 Å². The first-order valence-corrected chi connectivity index (χ1v) is 9.74. The van der Waals surface area contributed by atoms with Crippen LogP contribution in [0.1, 0.15) is 33.6 Å². The average Bonchev–Trinajstić information content (AvgIpc) is 3.19. The lowest BCUT2D eigenvalue weighted by molar-refractivity contribution is 0.182. The number of amides is 1. The summed E-state index contributed by atoms with van der Waals surface area (Å²) in [5, 5.41) is 3.42. The van der Waals surface area contributed by atoms with E-state index in [0.29, 0.717) is 19.1 Å². The molecule has 27 heavy (non-hydrogen) atoms. The van der Waals surface area contributed by atoms with E-state index in [1.165, 1.54) is 6.07 Å². The van der Waals surface area contributed by atoms with E-state index in [9.17, 15) is 9.18 Å². The van der Waals surface area contributed by atoms with Crippen molar-refractivity contribution in [2.24, 2.45) is 0 Å². The molecule has 6 heteroatoms. The molecule has 2 heterocycles. The number of carbonyl (C=O) groups excluding carboxylic acids is 1. The average molecular weight is 372 g/mol. The highest BCUT2D eigenvalue weighted by Crippen LogP contribution is 2.32.